The second-order valence-corrected chi connectivity index (χ2v) is 3.93. The van der Waals surface area contributed by atoms with Crippen LogP contribution in [-0.4, -0.2) is 24.0 Å². The lowest BCUT2D eigenvalue weighted by Crippen LogP contribution is -2.15. The highest BCUT2D eigenvalue weighted by atomic mass is 19.4. The maximum Gasteiger partial charge on any atom is 0.417 e. The smallest absolute Gasteiger partial charge is 0.382 e. The minimum absolute atomic E-state index is 0.00375. The highest BCUT2D eigenvalue weighted by Gasteiger charge is 2.34. The molecule has 3 nitrogen and oxygen atoms in total. The van der Waals surface area contributed by atoms with Gasteiger partial charge in [-0.05, 0) is 19.4 Å². The van der Waals surface area contributed by atoms with E-state index in [1.54, 1.807) is 6.92 Å². The van der Waals surface area contributed by atoms with Crippen LogP contribution in [0.3, 0.4) is 0 Å². The first kappa shape index (κ1) is 14.6. The highest BCUT2D eigenvalue weighted by Crippen LogP contribution is 2.32. The summed E-state index contributed by atoms with van der Waals surface area (Å²) in [5.74, 6) is -0.570. The molecule has 1 aromatic rings. The minimum Gasteiger partial charge on any atom is -0.382 e. The molecule has 0 aromatic carbocycles. The topological polar surface area (TPSA) is 39.2 Å². The fourth-order valence-corrected chi connectivity index (χ4v) is 1.45. The van der Waals surface area contributed by atoms with Crippen molar-refractivity contribution < 1.29 is 22.7 Å². The van der Waals surface area contributed by atoms with E-state index in [9.17, 15) is 18.0 Å². The number of carbonyl (C=O) groups excluding carboxylic acids is 1. The van der Waals surface area contributed by atoms with Crippen LogP contribution in [-0.2, 0) is 10.9 Å². The summed E-state index contributed by atoms with van der Waals surface area (Å²) in [4.78, 5) is 15.3. The van der Waals surface area contributed by atoms with Gasteiger partial charge < -0.3 is 4.74 Å². The fraction of sp³-hybridized carbons (Fsp3) is 0.500. The Morgan fingerprint density at radius 1 is 1.50 bits per heavy atom. The molecular formula is C12H14F3NO2. The molecule has 1 atom stereocenters. The van der Waals surface area contributed by atoms with Crippen LogP contribution in [0.4, 0.5) is 13.2 Å². The summed E-state index contributed by atoms with van der Waals surface area (Å²) in [5, 5.41) is 0. The van der Waals surface area contributed by atoms with Gasteiger partial charge in [-0.15, -0.1) is 0 Å². The van der Waals surface area contributed by atoms with Gasteiger partial charge in [0.25, 0.3) is 0 Å². The summed E-state index contributed by atoms with van der Waals surface area (Å²) in [6.45, 7) is 1.75. The molecule has 0 bridgehead atoms. The van der Waals surface area contributed by atoms with E-state index in [1.807, 2.05) is 0 Å². The normalized spacial score (nSPS) is 13.4. The number of carbonyl (C=O) groups is 1. The number of nitrogens with zero attached hydrogens (tertiary/aromatic N) is 1. The lowest BCUT2D eigenvalue weighted by Gasteiger charge is -2.12. The van der Waals surface area contributed by atoms with Crippen LogP contribution in [0, 0.1) is 0 Å². The van der Waals surface area contributed by atoms with Crippen LogP contribution in [0.15, 0.2) is 18.5 Å². The molecule has 0 aliphatic rings. The first-order chi connectivity index (χ1) is 8.36. The monoisotopic (exact) mass is 261 g/mol. The van der Waals surface area contributed by atoms with Gasteiger partial charge >= 0.3 is 6.18 Å². The molecule has 18 heavy (non-hydrogen) atoms. The maximum atomic E-state index is 12.7. The molecular weight excluding hydrogens is 247 g/mol. The number of hydrogen-bond donors (Lipinski definition) is 0. The van der Waals surface area contributed by atoms with E-state index in [4.69, 9.17) is 4.74 Å². The van der Waals surface area contributed by atoms with Crippen molar-refractivity contribution >= 4 is 5.78 Å². The van der Waals surface area contributed by atoms with Crippen molar-refractivity contribution in [3.05, 3.63) is 29.6 Å². The van der Waals surface area contributed by atoms with Gasteiger partial charge in [0, 0.05) is 31.5 Å². The lowest BCUT2D eigenvalue weighted by atomic mass is 10.0. The Morgan fingerprint density at radius 2 is 2.17 bits per heavy atom. The summed E-state index contributed by atoms with van der Waals surface area (Å²) in [6, 6.07) is 0.812. The number of ketones is 1. The average molecular weight is 261 g/mol. The van der Waals surface area contributed by atoms with Crippen molar-refractivity contribution in [1.82, 2.24) is 4.98 Å². The van der Waals surface area contributed by atoms with E-state index in [2.05, 4.69) is 4.98 Å². The third-order valence-corrected chi connectivity index (χ3v) is 2.61. The van der Waals surface area contributed by atoms with Crippen LogP contribution in [0.2, 0.25) is 0 Å². The molecule has 1 rings (SSSR count). The fourth-order valence-electron chi connectivity index (χ4n) is 1.45. The van der Waals surface area contributed by atoms with Crippen molar-refractivity contribution in [2.24, 2.45) is 0 Å². The van der Waals surface area contributed by atoms with Gasteiger partial charge in [0.15, 0.2) is 5.78 Å². The average Bonchev–Trinajstić information content (AvgIpc) is 2.34. The van der Waals surface area contributed by atoms with Crippen molar-refractivity contribution in [2.45, 2.75) is 32.0 Å². The van der Waals surface area contributed by atoms with E-state index >= 15 is 0 Å². The molecule has 0 spiro atoms. The summed E-state index contributed by atoms with van der Waals surface area (Å²) < 4.78 is 43.0. The number of pyridine rings is 1. The summed E-state index contributed by atoms with van der Waals surface area (Å²) in [5.41, 5.74) is -1.32. The number of ether oxygens (including phenoxy) is 1. The SMILES string of the molecule is COC(C)CCC(=O)c1cnccc1C(F)(F)F. The van der Waals surface area contributed by atoms with Gasteiger partial charge in [-0.2, -0.15) is 13.2 Å². The van der Waals surface area contributed by atoms with Crippen LogP contribution >= 0.6 is 0 Å². The van der Waals surface area contributed by atoms with Gasteiger partial charge in [0.05, 0.1) is 11.7 Å². The molecule has 6 heteroatoms. The molecule has 1 unspecified atom stereocenters. The lowest BCUT2D eigenvalue weighted by molar-refractivity contribution is -0.138. The highest BCUT2D eigenvalue weighted by molar-refractivity contribution is 5.97. The van der Waals surface area contributed by atoms with Gasteiger partial charge in [-0.3, -0.25) is 9.78 Å². The molecule has 0 N–H and O–H groups in total. The zero-order valence-electron chi connectivity index (χ0n) is 10.1. The van der Waals surface area contributed by atoms with Gasteiger partial charge in [-0.25, -0.2) is 0 Å². The number of rotatable bonds is 5. The van der Waals surface area contributed by atoms with Crippen molar-refractivity contribution in [1.29, 1.82) is 0 Å². The Balaban J connectivity index is 2.86. The molecule has 0 saturated carbocycles. The molecule has 100 valence electrons. The van der Waals surface area contributed by atoms with Gasteiger partial charge in [-0.1, -0.05) is 0 Å². The standard InChI is InChI=1S/C12H14F3NO2/c1-8(18-2)3-4-11(17)9-7-16-6-5-10(9)12(13,14)15/h5-8H,3-4H2,1-2H3. The molecule has 0 fully saturated rings. The third kappa shape index (κ3) is 3.80. The van der Waals surface area contributed by atoms with Crippen LogP contribution in [0.5, 0.6) is 0 Å². The van der Waals surface area contributed by atoms with E-state index in [1.165, 1.54) is 7.11 Å². The number of alkyl halides is 3. The Bertz CT molecular complexity index is 418. The van der Waals surface area contributed by atoms with E-state index in [0.717, 1.165) is 18.5 Å². The number of halogens is 3. The quantitative estimate of drug-likeness (QED) is 0.764. The predicted molar refractivity (Wildman–Crippen MR) is 59.3 cm³/mol. The number of aromatic nitrogens is 1. The second-order valence-electron chi connectivity index (χ2n) is 3.93. The molecule has 1 aromatic heterocycles. The van der Waals surface area contributed by atoms with Crippen molar-refractivity contribution in [3.8, 4) is 0 Å². The van der Waals surface area contributed by atoms with Crippen LogP contribution in [0.1, 0.15) is 35.7 Å². The van der Waals surface area contributed by atoms with Gasteiger partial charge in [0.1, 0.15) is 0 Å². The van der Waals surface area contributed by atoms with E-state index in [-0.39, 0.29) is 18.1 Å². The second kappa shape index (κ2) is 5.95. The number of methoxy groups -OCH3 is 1. The summed E-state index contributed by atoms with van der Waals surface area (Å²) in [6.07, 6.45) is -2.34. The first-order valence-corrected chi connectivity index (χ1v) is 5.43. The Labute approximate surface area is 103 Å². The zero-order chi connectivity index (χ0) is 13.8. The Hall–Kier alpha value is -1.43. The molecule has 0 aliphatic heterocycles. The van der Waals surface area contributed by atoms with Crippen LogP contribution in [0.25, 0.3) is 0 Å². The number of hydrogen-bond acceptors (Lipinski definition) is 3. The van der Waals surface area contributed by atoms with Gasteiger partial charge in [0.2, 0.25) is 0 Å². The molecule has 0 saturated heterocycles. The Morgan fingerprint density at radius 3 is 2.72 bits per heavy atom. The van der Waals surface area contributed by atoms with Crippen LogP contribution < -0.4 is 0 Å². The molecule has 0 radical (unpaired) electrons. The number of Topliss-reactive ketones (excluding diaryl/α,β-unsaturated/α-hetero) is 1. The summed E-state index contributed by atoms with van der Waals surface area (Å²) in [7, 11) is 1.49. The van der Waals surface area contributed by atoms with E-state index in [0.29, 0.717) is 6.42 Å². The predicted octanol–water partition coefficient (Wildman–Crippen LogP) is 3.10. The molecule has 0 aliphatic carbocycles. The molecule has 1 heterocycles. The largest absolute Gasteiger partial charge is 0.417 e. The Kier molecular flexibility index (Phi) is 4.84. The first-order valence-electron chi connectivity index (χ1n) is 5.43. The van der Waals surface area contributed by atoms with Crippen molar-refractivity contribution in [2.75, 3.05) is 7.11 Å². The zero-order valence-corrected chi connectivity index (χ0v) is 10.1. The molecule has 0 amide bonds. The third-order valence-electron chi connectivity index (χ3n) is 2.61. The maximum absolute atomic E-state index is 12.7. The van der Waals surface area contributed by atoms with E-state index < -0.39 is 17.5 Å². The minimum atomic E-state index is -4.54. The summed E-state index contributed by atoms with van der Waals surface area (Å²) >= 11 is 0. The van der Waals surface area contributed by atoms with Crippen molar-refractivity contribution in [3.63, 3.8) is 0 Å².